The predicted octanol–water partition coefficient (Wildman–Crippen LogP) is 13.5. The minimum Gasteiger partial charge on any atom is -0.456 e. The summed E-state index contributed by atoms with van der Waals surface area (Å²) in [5.41, 5.74) is 11.2. The van der Waals surface area contributed by atoms with Crippen LogP contribution in [0.2, 0.25) is 0 Å². The Hall–Kier alpha value is -7.50. The van der Waals surface area contributed by atoms with Crippen LogP contribution in [-0.4, -0.2) is 14.5 Å². The summed E-state index contributed by atoms with van der Waals surface area (Å²) in [6.07, 6.45) is 0. The van der Waals surface area contributed by atoms with E-state index in [2.05, 4.69) is 132 Å². The number of furan rings is 2. The van der Waals surface area contributed by atoms with Gasteiger partial charge in [0, 0.05) is 43.4 Å². The molecule has 0 fully saturated rings. The Kier molecular flexibility index (Phi) is 6.27. The largest absolute Gasteiger partial charge is 0.456 e. The van der Waals surface area contributed by atoms with Crippen LogP contribution in [0.3, 0.4) is 0 Å². The van der Waals surface area contributed by atoms with Crippen LogP contribution in [0.15, 0.2) is 185 Å². The molecular weight excluding hydrogens is 675 g/mol. The van der Waals surface area contributed by atoms with E-state index in [-0.39, 0.29) is 0 Å². The minimum absolute atomic E-state index is 0.587. The molecule has 55 heavy (non-hydrogen) atoms. The summed E-state index contributed by atoms with van der Waals surface area (Å²) in [6, 6.07) is 61.2. The van der Waals surface area contributed by atoms with Gasteiger partial charge in [0.15, 0.2) is 5.58 Å². The summed E-state index contributed by atoms with van der Waals surface area (Å²) in [5.74, 6) is 0.587. The molecule has 0 saturated heterocycles. The first-order valence-corrected chi connectivity index (χ1v) is 18.5. The van der Waals surface area contributed by atoms with Crippen LogP contribution in [0.5, 0.6) is 0 Å². The highest BCUT2D eigenvalue weighted by atomic mass is 16.3. The third kappa shape index (κ3) is 4.47. The average molecular weight is 704 g/mol. The SMILES string of the molecule is c1ccc(-c2cc(-c3ccccc3)nc(-n3c4ccccc4c4ccc5c(oc6cc(-c7ccc8c(c7)oc7ccccc78)c7ccccc7c65)c43)n2)cc1. The van der Waals surface area contributed by atoms with E-state index >= 15 is 0 Å². The van der Waals surface area contributed by atoms with Crippen LogP contribution in [0.4, 0.5) is 0 Å². The van der Waals surface area contributed by atoms with Gasteiger partial charge in [0.05, 0.1) is 16.9 Å². The van der Waals surface area contributed by atoms with E-state index in [0.29, 0.717) is 5.95 Å². The van der Waals surface area contributed by atoms with Gasteiger partial charge in [-0.05, 0) is 64.4 Å². The lowest BCUT2D eigenvalue weighted by Gasteiger charge is -2.11. The second-order valence-electron chi connectivity index (χ2n) is 14.1. The molecule has 0 atom stereocenters. The zero-order valence-electron chi connectivity index (χ0n) is 29.4. The van der Waals surface area contributed by atoms with Gasteiger partial charge in [-0.1, -0.05) is 133 Å². The quantitative estimate of drug-likeness (QED) is 0.183. The predicted molar refractivity (Wildman–Crippen MR) is 225 cm³/mol. The highest BCUT2D eigenvalue weighted by molar-refractivity contribution is 6.27. The maximum atomic E-state index is 7.09. The van der Waals surface area contributed by atoms with Crippen molar-refractivity contribution in [2.45, 2.75) is 0 Å². The van der Waals surface area contributed by atoms with Gasteiger partial charge in [-0.15, -0.1) is 0 Å². The minimum atomic E-state index is 0.587. The Labute approximate surface area is 314 Å². The molecule has 0 unspecified atom stereocenters. The molecule has 256 valence electrons. The molecule has 8 aromatic carbocycles. The monoisotopic (exact) mass is 703 g/mol. The van der Waals surface area contributed by atoms with Crippen LogP contribution < -0.4 is 0 Å². The fourth-order valence-electron chi connectivity index (χ4n) is 8.53. The van der Waals surface area contributed by atoms with Crippen molar-refractivity contribution in [2.24, 2.45) is 0 Å². The first-order valence-electron chi connectivity index (χ1n) is 18.5. The van der Waals surface area contributed by atoms with Gasteiger partial charge in [-0.3, -0.25) is 4.57 Å². The van der Waals surface area contributed by atoms with Crippen LogP contribution >= 0.6 is 0 Å². The number of benzene rings is 8. The van der Waals surface area contributed by atoms with Crippen molar-refractivity contribution in [2.75, 3.05) is 0 Å². The van der Waals surface area contributed by atoms with Crippen molar-refractivity contribution in [3.63, 3.8) is 0 Å². The highest BCUT2D eigenvalue weighted by Gasteiger charge is 2.23. The summed E-state index contributed by atoms with van der Waals surface area (Å²) in [4.78, 5) is 10.6. The summed E-state index contributed by atoms with van der Waals surface area (Å²) in [7, 11) is 0. The summed E-state index contributed by atoms with van der Waals surface area (Å²) < 4.78 is 15.6. The van der Waals surface area contributed by atoms with Crippen LogP contribution in [0.25, 0.3) is 116 Å². The van der Waals surface area contributed by atoms with E-state index in [1.54, 1.807) is 0 Å². The summed E-state index contributed by atoms with van der Waals surface area (Å²) >= 11 is 0. The van der Waals surface area contributed by atoms with E-state index < -0.39 is 0 Å². The number of rotatable bonds is 4. The number of aromatic nitrogens is 3. The zero-order valence-corrected chi connectivity index (χ0v) is 29.4. The Morgan fingerprint density at radius 3 is 1.75 bits per heavy atom. The lowest BCUT2D eigenvalue weighted by Crippen LogP contribution is -2.04. The molecular formula is C50H29N3O2. The van der Waals surface area contributed by atoms with E-state index in [9.17, 15) is 0 Å². The lowest BCUT2D eigenvalue weighted by molar-refractivity contribution is 0.668. The third-order valence-corrected chi connectivity index (χ3v) is 11.0. The second kappa shape index (κ2) is 11.5. The topological polar surface area (TPSA) is 57.0 Å². The maximum Gasteiger partial charge on any atom is 0.235 e. The van der Waals surface area contributed by atoms with Gasteiger partial charge in [0.25, 0.3) is 0 Å². The Bertz CT molecular complexity index is 3430. The number of hydrogen-bond acceptors (Lipinski definition) is 4. The van der Waals surface area contributed by atoms with E-state index in [1.807, 2.05) is 48.5 Å². The second-order valence-corrected chi connectivity index (χ2v) is 14.1. The molecule has 12 rings (SSSR count). The average Bonchev–Trinajstić information content (AvgIpc) is 3.93. The van der Waals surface area contributed by atoms with Crippen LogP contribution in [-0.2, 0) is 0 Å². The molecule has 0 amide bonds. The summed E-state index contributed by atoms with van der Waals surface area (Å²) in [6.45, 7) is 0. The van der Waals surface area contributed by atoms with Crippen molar-refractivity contribution >= 4 is 76.5 Å². The van der Waals surface area contributed by atoms with Gasteiger partial charge in [0.1, 0.15) is 22.3 Å². The third-order valence-electron chi connectivity index (χ3n) is 11.0. The molecule has 5 nitrogen and oxygen atoms in total. The van der Waals surface area contributed by atoms with Gasteiger partial charge >= 0.3 is 0 Å². The van der Waals surface area contributed by atoms with E-state index in [1.165, 1.54) is 0 Å². The molecule has 12 aromatic rings. The maximum absolute atomic E-state index is 7.09. The molecule has 0 aliphatic heterocycles. The zero-order chi connectivity index (χ0) is 36.0. The van der Waals surface area contributed by atoms with Gasteiger partial charge in [-0.2, -0.15) is 0 Å². The number of nitrogens with zero attached hydrogens (tertiary/aromatic N) is 3. The van der Waals surface area contributed by atoms with Gasteiger partial charge in [0.2, 0.25) is 5.95 Å². The van der Waals surface area contributed by atoms with Crippen molar-refractivity contribution in [1.82, 2.24) is 14.5 Å². The number of fused-ring (bicyclic) bond motifs is 12. The van der Waals surface area contributed by atoms with Gasteiger partial charge in [-0.25, -0.2) is 9.97 Å². The molecule has 0 saturated carbocycles. The molecule has 0 spiro atoms. The van der Waals surface area contributed by atoms with Gasteiger partial charge < -0.3 is 8.83 Å². The standard InChI is InChI=1S/C50H29N3O2/c1-3-13-30(14-4-1)41-29-42(31-15-5-2-6-16-31)52-50(51-41)53-43-21-11-9-18-34(43)38-25-26-39-47-37-20-8-7-17-33(37)40(28-46(47)55-49(39)48(38)53)32-23-24-36-35-19-10-12-22-44(35)54-45(36)27-32/h1-29H. The molecule has 0 aliphatic carbocycles. The summed E-state index contributed by atoms with van der Waals surface area (Å²) in [5, 5.41) is 8.84. The molecule has 4 heterocycles. The molecule has 0 bridgehead atoms. The fourth-order valence-corrected chi connectivity index (χ4v) is 8.53. The lowest BCUT2D eigenvalue weighted by atomic mass is 9.94. The molecule has 0 aliphatic rings. The first-order chi connectivity index (χ1) is 27.3. The Balaban J connectivity index is 1.16. The van der Waals surface area contributed by atoms with Crippen molar-refractivity contribution in [3.8, 4) is 39.6 Å². The number of para-hydroxylation sites is 2. The molecule has 4 aromatic heterocycles. The number of hydrogen-bond donors (Lipinski definition) is 0. The molecule has 0 N–H and O–H groups in total. The fraction of sp³-hybridized carbons (Fsp3) is 0. The van der Waals surface area contributed by atoms with Crippen LogP contribution in [0.1, 0.15) is 0 Å². The van der Waals surface area contributed by atoms with Crippen LogP contribution in [0, 0.1) is 0 Å². The normalized spacial score (nSPS) is 12.0. The van der Waals surface area contributed by atoms with E-state index in [4.69, 9.17) is 18.8 Å². The van der Waals surface area contributed by atoms with E-state index in [0.717, 1.165) is 110 Å². The van der Waals surface area contributed by atoms with Crippen molar-refractivity contribution < 1.29 is 8.83 Å². The Morgan fingerprint density at radius 2 is 0.982 bits per heavy atom. The Morgan fingerprint density at radius 1 is 0.382 bits per heavy atom. The smallest absolute Gasteiger partial charge is 0.235 e. The van der Waals surface area contributed by atoms with Crippen molar-refractivity contribution in [1.29, 1.82) is 0 Å². The highest BCUT2D eigenvalue weighted by Crippen LogP contribution is 2.45. The molecule has 0 radical (unpaired) electrons. The first kappa shape index (κ1) is 30.0. The van der Waals surface area contributed by atoms with Crippen molar-refractivity contribution in [3.05, 3.63) is 176 Å². The molecule has 5 heteroatoms.